The first kappa shape index (κ1) is 31.0. The Morgan fingerprint density at radius 2 is 1.72 bits per heavy atom. The van der Waals surface area contributed by atoms with Gasteiger partial charge in [0.25, 0.3) is 5.92 Å². The second kappa shape index (κ2) is 12.2. The van der Waals surface area contributed by atoms with Gasteiger partial charge >= 0.3 is 12.1 Å². The van der Waals surface area contributed by atoms with Gasteiger partial charge in [0.15, 0.2) is 5.82 Å². The topological polar surface area (TPSA) is 111 Å². The maximum atomic E-state index is 14.6. The van der Waals surface area contributed by atoms with Gasteiger partial charge in [0.1, 0.15) is 11.9 Å². The van der Waals surface area contributed by atoms with Crippen LogP contribution in [-0.2, 0) is 24.7 Å². The molecule has 9 nitrogen and oxygen atoms in total. The van der Waals surface area contributed by atoms with Crippen LogP contribution in [0.2, 0.25) is 0 Å². The van der Waals surface area contributed by atoms with Crippen molar-refractivity contribution in [2.24, 2.45) is 24.8 Å². The van der Waals surface area contributed by atoms with Gasteiger partial charge in [-0.3, -0.25) is 4.68 Å². The number of aryl methyl sites for hydroxylation is 1. The fraction of sp³-hybridized carbons (Fsp3) is 0.607. The third kappa shape index (κ3) is 6.86. The number of tetrazole rings is 1. The van der Waals surface area contributed by atoms with E-state index in [4.69, 9.17) is 15.0 Å². The number of fused-ring (bicyclic) bond motifs is 1. The van der Waals surface area contributed by atoms with Crippen LogP contribution in [0.3, 0.4) is 0 Å². The molecule has 15 heteroatoms. The Labute approximate surface area is 243 Å². The lowest BCUT2D eigenvalue weighted by Crippen LogP contribution is -2.41. The molecule has 2 fully saturated rings. The number of halogens is 6. The minimum Gasteiger partial charge on any atom is -0.475 e. The molecule has 2 N–H and O–H groups in total. The summed E-state index contributed by atoms with van der Waals surface area (Å²) in [4.78, 5) is 8.90. The smallest absolute Gasteiger partial charge is 0.475 e. The van der Waals surface area contributed by atoms with Crippen molar-refractivity contribution >= 4 is 5.97 Å². The Hall–Kier alpha value is -3.49. The lowest BCUT2D eigenvalue weighted by molar-refractivity contribution is -0.192. The van der Waals surface area contributed by atoms with E-state index in [2.05, 4.69) is 20.8 Å². The molecule has 43 heavy (non-hydrogen) atoms. The van der Waals surface area contributed by atoms with Crippen LogP contribution in [0.1, 0.15) is 73.8 Å². The minimum atomic E-state index is -5.08. The van der Waals surface area contributed by atoms with Crippen LogP contribution in [0.4, 0.5) is 26.3 Å². The van der Waals surface area contributed by atoms with Gasteiger partial charge in [-0.2, -0.15) is 23.0 Å². The van der Waals surface area contributed by atoms with Gasteiger partial charge in [0, 0.05) is 31.1 Å². The van der Waals surface area contributed by atoms with E-state index in [9.17, 15) is 26.3 Å². The summed E-state index contributed by atoms with van der Waals surface area (Å²) in [6, 6.07) is 5.38. The van der Waals surface area contributed by atoms with Crippen molar-refractivity contribution in [3.8, 4) is 5.69 Å². The van der Waals surface area contributed by atoms with Crippen molar-refractivity contribution in [2.75, 3.05) is 6.54 Å². The molecule has 0 aliphatic heterocycles. The number of nitrogens with one attached hydrogen (secondary N) is 1. The molecular formula is C28H33F6N7O2. The highest BCUT2D eigenvalue weighted by atomic mass is 19.4. The number of rotatable bonds is 8. The van der Waals surface area contributed by atoms with E-state index in [0.29, 0.717) is 40.5 Å². The van der Waals surface area contributed by atoms with E-state index in [0.717, 1.165) is 12.2 Å². The van der Waals surface area contributed by atoms with Crippen LogP contribution in [0, 0.1) is 23.6 Å². The molecule has 1 aromatic carbocycles. The van der Waals surface area contributed by atoms with E-state index in [1.54, 1.807) is 21.5 Å². The van der Waals surface area contributed by atoms with Crippen molar-refractivity contribution in [3.05, 3.63) is 52.9 Å². The molecule has 0 amide bonds. The van der Waals surface area contributed by atoms with Crippen LogP contribution in [0.5, 0.6) is 0 Å². The number of carbonyl (C=O) groups is 1. The molecule has 0 spiro atoms. The van der Waals surface area contributed by atoms with E-state index >= 15 is 0 Å². The van der Waals surface area contributed by atoms with E-state index in [1.807, 2.05) is 7.05 Å². The zero-order valence-corrected chi connectivity index (χ0v) is 23.5. The summed E-state index contributed by atoms with van der Waals surface area (Å²) in [6.45, 7) is 0.762. The second-order valence-corrected chi connectivity index (χ2v) is 11.6. The number of carboxylic acids is 1. The van der Waals surface area contributed by atoms with Gasteiger partial charge in [-0.1, -0.05) is 38.5 Å². The van der Waals surface area contributed by atoms with Gasteiger partial charge < -0.3 is 10.4 Å². The van der Waals surface area contributed by atoms with Crippen LogP contribution < -0.4 is 5.32 Å². The Balaban J connectivity index is 0.000000472. The predicted molar refractivity (Wildman–Crippen MR) is 141 cm³/mol. The van der Waals surface area contributed by atoms with Crippen LogP contribution in [-0.4, -0.2) is 59.7 Å². The first-order valence-corrected chi connectivity index (χ1v) is 14.3. The Kier molecular flexibility index (Phi) is 8.82. The standard InChI is InChI=1S/C26H32F3N7.C2HF3O2/c1-35-22-12-13-26(28,29)14-20(22)23(32-35)24(30-15-21(16-4-2-5-16)17-6-3-7-17)25-31-33-34-36(25)19-10-8-18(27)9-11-19;3-2(4,5)1(6)7/h8-11,16-17,21,24,30H,2-7,12-15H2,1H3;(H,6,7). The highest BCUT2D eigenvalue weighted by Gasteiger charge is 2.42. The molecule has 2 saturated carbocycles. The predicted octanol–water partition coefficient (Wildman–Crippen LogP) is 5.19. The number of aliphatic carboxylic acids is 1. The van der Waals surface area contributed by atoms with Gasteiger partial charge in [0.05, 0.1) is 11.4 Å². The molecular weight excluding hydrogens is 580 g/mol. The molecule has 3 aromatic rings. The van der Waals surface area contributed by atoms with Gasteiger partial charge in [-0.15, -0.1) is 5.10 Å². The largest absolute Gasteiger partial charge is 0.490 e. The molecule has 2 heterocycles. The third-order valence-electron chi connectivity index (χ3n) is 8.88. The number of carboxylic acid groups (broad SMARTS) is 1. The fourth-order valence-electron chi connectivity index (χ4n) is 6.17. The second-order valence-electron chi connectivity index (χ2n) is 11.6. The normalized spacial score (nSPS) is 19.2. The van der Waals surface area contributed by atoms with Crippen molar-refractivity contribution in [3.63, 3.8) is 0 Å². The maximum absolute atomic E-state index is 14.6. The quantitative estimate of drug-likeness (QED) is 0.337. The first-order valence-electron chi connectivity index (χ1n) is 14.3. The van der Waals surface area contributed by atoms with E-state index < -0.39 is 24.1 Å². The number of benzene rings is 1. The molecule has 0 saturated heterocycles. The van der Waals surface area contributed by atoms with Gasteiger partial charge in [-0.05, 0) is 65.4 Å². The highest BCUT2D eigenvalue weighted by molar-refractivity contribution is 5.73. The Bertz CT molecular complexity index is 1400. The number of hydrogen-bond donors (Lipinski definition) is 2. The molecule has 3 aliphatic rings. The average molecular weight is 614 g/mol. The molecule has 234 valence electrons. The zero-order chi connectivity index (χ0) is 30.9. The molecule has 1 atom stereocenters. The van der Waals surface area contributed by atoms with Gasteiger partial charge in [-0.25, -0.2) is 18.0 Å². The maximum Gasteiger partial charge on any atom is 0.490 e. The lowest BCUT2D eigenvalue weighted by atomic mass is 9.64. The van der Waals surface area contributed by atoms with Gasteiger partial charge in [0.2, 0.25) is 0 Å². The summed E-state index contributed by atoms with van der Waals surface area (Å²) in [5, 5.41) is 28.0. The lowest BCUT2D eigenvalue weighted by Gasteiger charge is -2.43. The van der Waals surface area contributed by atoms with Crippen molar-refractivity contribution in [1.29, 1.82) is 0 Å². The number of hydrogen-bond acceptors (Lipinski definition) is 6. The summed E-state index contributed by atoms with van der Waals surface area (Å²) < 4.78 is 77.7. The summed E-state index contributed by atoms with van der Waals surface area (Å²) in [6.07, 6.45) is 2.28. The molecule has 0 radical (unpaired) electrons. The summed E-state index contributed by atoms with van der Waals surface area (Å²) in [5.41, 5.74) is 2.60. The molecule has 0 bridgehead atoms. The molecule has 2 aromatic heterocycles. The van der Waals surface area contributed by atoms with E-state index in [-0.39, 0.29) is 25.1 Å². The van der Waals surface area contributed by atoms with E-state index in [1.165, 1.54) is 50.7 Å². The van der Waals surface area contributed by atoms with Crippen molar-refractivity contribution < 1.29 is 36.2 Å². The molecule has 6 rings (SSSR count). The number of nitrogens with zero attached hydrogens (tertiary/aromatic N) is 6. The number of aromatic nitrogens is 6. The summed E-state index contributed by atoms with van der Waals surface area (Å²) in [7, 11) is 1.82. The highest BCUT2D eigenvalue weighted by Crippen LogP contribution is 2.45. The SMILES string of the molecule is Cn1nc(C(NCC(C2CCC2)C2CCC2)c2nnnn2-c2ccc(F)cc2)c2c1CCC(F)(F)C2.O=C(O)C(F)(F)F. The van der Waals surface area contributed by atoms with Crippen molar-refractivity contribution in [1.82, 2.24) is 35.3 Å². The van der Waals surface area contributed by atoms with Crippen LogP contribution in [0.25, 0.3) is 5.69 Å². The Morgan fingerprint density at radius 1 is 1.12 bits per heavy atom. The fourth-order valence-corrected chi connectivity index (χ4v) is 6.17. The molecule has 3 aliphatic carbocycles. The average Bonchev–Trinajstić information content (AvgIpc) is 3.46. The van der Waals surface area contributed by atoms with Crippen molar-refractivity contribution in [2.45, 2.75) is 75.9 Å². The first-order chi connectivity index (χ1) is 20.3. The van der Waals surface area contributed by atoms with Crippen LogP contribution >= 0.6 is 0 Å². The zero-order valence-electron chi connectivity index (χ0n) is 23.5. The summed E-state index contributed by atoms with van der Waals surface area (Å²) >= 11 is 0. The monoisotopic (exact) mass is 613 g/mol. The number of alkyl halides is 5. The minimum absolute atomic E-state index is 0.171. The molecule has 1 unspecified atom stereocenters. The van der Waals surface area contributed by atoms with Crippen LogP contribution in [0.15, 0.2) is 24.3 Å². The summed E-state index contributed by atoms with van der Waals surface area (Å²) in [5.74, 6) is -3.44. The Morgan fingerprint density at radius 3 is 2.26 bits per heavy atom. The third-order valence-corrected chi connectivity index (χ3v) is 8.88.